The maximum atomic E-state index is 9.27. The first-order chi connectivity index (χ1) is 8.20. The van der Waals surface area contributed by atoms with Crippen molar-refractivity contribution in [3.8, 4) is 0 Å². The van der Waals surface area contributed by atoms with Gasteiger partial charge in [-0.3, -0.25) is 0 Å². The topological polar surface area (TPSA) is 32.3 Å². The van der Waals surface area contributed by atoms with Gasteiger partial charge in [-0.05, 0) is 24.0 Å². The van der Waals surface area contributed by atoms with Crippen molar-refractivity contribution >= 4 is 11.8 Å². The van der Waals surface area contributed by atoms with Crippen LogP contribution < -0.4 is 5.32 Å². The van der Waals surface area contributed by atoms with Crippen molar-refractivity contribution in [2.45, 2.75) is 36.5 Å². The number of nitrogens with one attached hydrogen (secondary N) is 1. The van der Waals surface area contributed by atoms with E-state index in [1.165, 1.54) is 10.5 Å². The summed E-state index contributed by atoms with van der Waals surface area (Å²) < 4.78 is 0. The van der Waals surface area contributed by atoms with Crippen LogP contribution in [-0.2, 0) is 6.42 Å². The number of aliphatic hydroxyl groups is 1. The van der Waals surface area contributed by atoms with Gasteiger partial charge in [0.05, 0.1) is 6.61 Å². The molecule has 0 saturated heterocycles. The normalized spacial score (nSPS) is 20.6. The summed E-state index contributed by atoms with van der Waals surface area (Å²) in [6.45, 7) is 5.49. The van der Waals surface area contributed by atoms with Gasteiger partial charge in [-0.15, -0.1) is 11.8 Å². The van der Waals surface area contributed by atoms with Gasteiger partial charge in [0.2, 0.25) is 0 Å². The summed E-state index contributed by atoms with van der Waals surface area (Å²) in [7, 11) is 0. The van der Waals surface area contributed by atoms with Gasteiger partial charge in [-0.1, -0.05) is 32.0 Å². The molecular formula is C14H21NOS. The Hall–Kier alpha value is -0.510. The predicted molar refractivity (Wildman–Crippen MR) is 73.5 cm³/mol. The fraction of sp³-hybridized carbons (Fsp3) is 0.571. The highest BCUT2D eigenvalue weighted by Gasteiger charge is 2.22. The molecule has 1 aromatic carbocycles. The van der Waals surface area contributed by atoms with Gasteiger partial charge in [0.15, 0.2) is 0 Å². The molecule has 0 saturated carbocycles. The summed E-state index contributed by atoms with van der Waals surface area (Å²) in [6.07, 6.45) is 1.14. The Balaban J connectivity index is 1.84. The third kappa shape index (κ3) is 3.24. The van der Waals surface area contributed by atoms with E-state index in [-0.39, 0.29) is 12.6 Å². The molecule has 0 fully saturated rings. The third-order valence-electron chi connectivity index (χ3n) is 3.32. The minimum Gasteiger partial charge on any atom is -0.395 e. The summed E-state index contributed by atoms with van der Waals surface area (Å²) >= 11 is 1.96. The van der Waals surface area contributed by atoms with Crippen LogP contribution in [0.1, 0.15) is 19.4 Å². The number of fused-ring (bicyclic) bond motifs is 1. The van der Waals surface area contributed by atoms with E-state index < -0.39 is 0 Å². The predicted octanol–water partition coefficient (Wildman–Crippen LogP) is 2.31. The molecule has 0 radical (unpaired) electrons. The molecule has 1 aliphatic rings. The zero-order valence-electron chi connectivity index (χ0n) is 10.5. The molecule has 0 bridgehead atoms. The fourth-order valence-electron chi connectivity index (χ4n) is 2.16. The van der Waals surface area contributed by atoms with Crippen molar-refractivity contribution in [2.24, 2.45) is 5.92 Å². The van der Waals surface area contributed by atoms with Crippen LogP contribution in [0.4, 0.5) is 0 Å². The van der Waals surface area contributed by atoms with Crippen molar-refractivity contribution in [1.29, 1.82) is 0 Å². The summed E-state index contributed by atoms with van der Waals surface area (Å²) in [5, 5.41) is 13.4. The monoisotopic (exact) mass is 251 g/mol. The van der Waals surface area contributed by atoms with E-state index in [9.17, 15) is 5.11 Å². The quantitative estimate of drug-likeness (QED) is 0.842. The SMILES string of the molecule is CC(C)[C@@H](CO)NCC1Cc2ccccc2S1. The zero-order valence-corrected chi connectivity index (χ0v) is 11.3. The molecule has 2 nitrogen and oxygen atoms in total. The molecule has 94 valence electrons. The number of hydrogen-bond acceptors (Lipinski definition) is 3. The highest BCUT2D eigenvalue weighted by molar-refractivity contribution is 8.00. The Kier molecular flexibility index (Phi) is 4.48. The van der Waals surface area contributed by atoms with Crippen LogP contribution in [0.2, 0.25) is 0 Å². The van der Waals surface area contributed by atoms with Gasteiger partial charge in [-0.2, -0.15) is 0 Å². The van der Waals surface area contributed by atoms with Gasteiger partial charge in [-0.25, -0.2) is 0 Å². The Bertz CT molecular complexity index is 342. The summed E-state index contributed by atoms with van der Waals surface area (Å²) in [4.78, 5) is 1.42. The van der Waals surface area contributed by atoms with Gasteiger partial charge in [0.1, 0.15) is 0 Å². The molecule has 1 unspecified atom stereocenters. The molecular weight excluding hydrogens is 230 g/mol. The average molecular weight is 251 g/mol. The molecule has 0 aromatic heterocycles. The third-order valence-corrected chi connectivity index (χ3v) is 4.64. The molecule has 3 heteroatoms. The molecule has 2 atom stereocenters. The second kappa shape index (κ2) is 5.89. The summed E-state index contributed by atoms with van der Waals surface area (Å²) in [5.74, 6) is 0.480. The average Bonchev–Trinajstić information content (AvgIpc) is 2.71. The van der Waals surface area contributed by atoms with Crippen LogP contribution in [0.25, 0.3) is 0 Å². The van der Waals surface area contributed by atoms with Gasteiger partial charge >= 0.3 is 0 Å². The number of rotatable bonds is 5. The maximum absolute atomic E-state index is 9.27. The molecule has 0 aliphatic carbocycles. The van der Waals surface area contributed by atoms with E-state index in [0.717, 1.165) is 13.0 Å². The zero-order chi connectivity index (χ0) is 12.3. The minimum absolute atomic E-state index is 0.222. The highest BCUT2D eigenvalue weighted by atomic mass is 32.2. The van der Waals surface area contributed by atoms with Crippen molar-refractivity contribution in [3.05, 3.63) is 29.8 Å². The summed E-state index contributed by atoms with van der Waals surface area (Å²) in [5.41, 5.74) is 1.47. The van der Waals surface area contributed by atoms with E-state index in [0.29, 0.717) is 11.2 Å². The van der Waals surface area contributed by atoms with Gasteiger partial charge < -0.3 is 10.4 Å². The molecule has 1 heterocycles. The lowest BCUT2D eigenvalue weighted by Gasteiger charge is -2.21. The second-order valence-corrected chi connectivity index (χ2v) is 6.34. The Morgan fingerprint density at radius 2 is 2.18 bits per heavy atom. The molecule has 0 amide bonds. The van der Waals surface area contributed by atoms with Crippen molar-refractivity contribution < 1.29 is 5.11 Å². The van der Waals surface area contributed by atoms with E-state index in [2.05, 4.69) is 43.4 Å². The van der Waals surface area contributed by atoms with Crippen LogP contribution in [0.5, 0.6) is 0 Å². The Labute approximate surface area is 108 Å². The summed E-state index contributed by atoms with van der Waals surface area (Å²) in [6, 6.07) is 8.85. The fourth-order valence-corrected chi connectivity index (χ4v) is 3.42. The van der Waals surface area contributed by atoms with Crippen LogP contribution in [0.15, 0.2) is 29.2 Å². The molecule has 0 spiro atoms. The number of hydrogen-bond donors (Lipinski definition) is 2. The van der Waals surface area contributed by atoms with Crippen molar-refractivity contribution in [2.75, 3.05) is 13.2 Å². The first kappa shape index (κ1) is 12.9. The highest BCUT2D eigenvalue weighted by Crippen LogP contribution is 2.36. The molecule has 2 rings (SSSR count). The second-order valence-electron chi connectivity index (χ2n) is 4.99. The Morgan fingerprint density at radius 3 is 2.82 bits per heavy atom. The Morgan fingerprint density at radius 1 is 1.41 bits per heavy atom. The van der Waals surface area contributed by atoms with Crippen LogP contribution >= 0.6 is 11.8 Å². The lowest BCUT2D eigenvalue weighted by atomic mass is 10.0. The molecule has 17 heavy (non-hydrogen) atoms. The van der Waals surface area contributed by atoms with E-state index in [1.54, 1.807) is 0 Å². The molecule has 1 aromatic rings. The number of aliphatic hydroxyl groups excluding tert-OH is 1. The van der Waals surface area contributed by atoms with Crippen LogP contribution in [-0.4, -0.2) is 29.5 Å². The first-order valence-corrected chi connectivity index (χ1v) is 7.17. The van der Waals surface area contributed by atoms with E-state index in [1.807, 2.05) is 11.8 Å². The van der Waals surface area contributed by atoms with E-state index in [4.69, 9.17) is 0 Å². The number of thioether (sulfide) groups is 1. The molecule has 2 N–H and O–H groups in total. The maximum Gasteiger partial charge on any atom is 0.0587 e. The lowest BCUT2D eigenvalue weighted by Crippen LogP contribution is -2.40. The van der Waals surface area contributed by atoms with Gasteiger partial charge in [0.25, 0.3) is 0 Å². The first-order valence-electron chi connectivity index (χ1n) is 6.29. The van der Waals surface area contributed by atoms with Crippen LogP contribution in [0.3, 0.4) is 0 Å². The lowest BCUT2D eigenvalue weighted by molar-refractivity contribution is 0.211. The van der Waals surface area contributed by atoms with Crippen molar-refractivity contribution in [1.82, 2.24) is 5.32 Å². The molecule has 1 aliphatic heterocycles. The van der Waals surface area contributed by atoms with Gasteiger partial charge in [0, 0.05) is 22.7 Å². The largest absolute Gasteiger partial charge is 0.395 e. The van der Waals surface area contributed by atoms with E-state index >= 15 is 0 Å². The van der Waals surface area contributed by atoms with Crippen molar-refractivity contribution in [3.63, 3.8) is 0 Å². The van der Waals surface area contributed by atoms with Crippen LogP contribution in [0, 0.1) is 5.92 Å². The minimum atomic E-state index is 0.222. The standard InChI is InChI=1S/C14H21NOS/c1-10(2)13(9-16)15-8-12-7-11-5-3-4-6-14(11)17-12/h3-6,10,12-13,15-16H,7-9H2,1-2H3/t12?,13-/m1/s1. The smallest absolute Gasteiger partial charge is 0.0587 e. The number of benzene rings is 1.